The average Bonchev–Trinajstić information content (AvgIpc) is 2.54. The predicted octanol–water partition coefficient (Wildman–Crippen LogP) is 4.43. The van der Waals surface area contributed by atoms with E-state index in [0.717, 1.165) is 12.1 Å². The van der Waals surface area contributed by atoms with E-state index in [0.29, 0.717) is 5.69 Å². The van der Waals surface area contributed by atoms with Crippen LogP contribution in [0.15, 0.2) is 42.6 Å². The Bertz CT molecular complexity index is 891. The highest BCUT2D eigenvalue weighted by Gasteiger charge is 2.07. The highest BCUT2D eigenvalue weighted by atomic mass is 35.5. The van der Waals surface area contributed by atoms with Crippen molar-refractivity contribution in [2.45, 2.75) is 0 Å². The maximum atomic E-state index is 13.6. The van der Waals surface area contributed by atoms with Crippen molar-refractivity contribution >= 4 is 34.7 Å². The quantitative estimate of drug-likeness (QED) is 0.728. The summed E-state index contributed by atoms with van der Waals surface area (Å²) in [6.07, 6.45) is 1.27. The van der Waals surface area contributed by atoms with Crippen molar-refractivity contribution < 1.29 is 13.2 Å². The molecule has 0 bridgehead atoms. The van der Waals surface area contributed by atoms with Gasteiger partial charge in [-0.1, -0.05) is 11.6 Å². The Morgan fingerprint density at radius 2 is 1.75 bits per heavy atom. The van der Waals surface area contributed by atoms with Crippen LogP contribution >= 0.6 is 11.6 Å². The van der Waals surface area contributed by atoms with E-state index >= 15 is 0 Å². The number of benzene rings is 2. The minimum absolute atomic E-state index is 0.0349. The maximum Gasteiger partial charge on any atom is 0.249 e. The zero-order chi connectivity index (χ0) is 17.1. The van der Waals surface area contributed by atoms with Crippen LogP contribution in [0.2, 0.25) is 5.02 Å². The normalized spacial score (nSPS) is 10.5. The summed E-state index contributed by atoms with van der Waals surface area (Å²) in [5.41, 5.74) is 0.487. The summed E-state index contributed by atoms with van der Waals surface area (Å²) in [5, 5.41) is 12.9. The van der Waals surface area contributed by atoms with Crippen molar-refractivity contribution in [1.29, 1.82) is 0 Å². The second-order valence-electron chi connectivity index (χ2n) is 4.67. The van der Waals surface area contributed by atoms with E-state index in [4.69, 9.17) is 11.6 Å². The van der Waals surface area contributed by atoms with E-state index in [1.807, 2.05) is 0 Å². The molecule has 9 heteroatoms. The Kier molecular flexibility index (Phi) is 4.48. The summed E-state index contributed by atoms with van der Waals surface area (Å²) in [4.78, 5) is 4.09. The Morgan fingerprint density at radius 3 is 2.50 bits per heavy atom. The topological polar surface area (TPSA) is 62.7 Å². The third kappa shape index (κ3) is 3.72. The van der Waals surface area contributed by atoms with Crippen LogP contribution in [0.5, 0.6) is 0 Å². The maximum absolute atomic E-state index is 13.6. The Labute approximate surface area is 139 Å². The van der Waals surface area contributed by atoms with Gasteiger partial charge in [-0.3, -0.25) is 0 Å². The molecule has 0 amide bonds. The van der Waals surface area contributed by atoms with Gasteiger partial charge in [0.05, 0.1) is 16.9 Å². The van der Waals surface area contributed by atoms with E-state index in [1.54, 1.807) is 0 Å². The molecule has 3 aromatic rings. The molecule has 0 unspecified atom stereocenters. The number of halogens is 4. The van der Waals surface area contributed by atoms with Gasteiger partial charge in [0.15, 0.2) is 5.82 Å². The SMILES string of the molecule is Fc1ccc(Nc2cnnc(Nc3ccc(F)c(Cl)c3)n2)c(F)c1. The number of anilines is 4. The molecule has 0 radical (unpaired) electrons. The fourth-order valence-electron chi connectivity index (χ4n) is 1.85. The molecule has 2 N–H and O–H groups in total. The number of rotatable bonds is 4. The van der Waals surface area contributed by atoms with Crippen LogP contribution in [-0.4, -0.2) is 15.2 Å². The van der Waals surface area contributed by atoms with Gasteiger partial charge < -0.3 is 10.6 Å². The molecule has 24 heavy (non-hydrogen) atoms. The average molecular weight is 352 g/mol. The van der Waals surface area contributed by atoms with Gasteiger partial charge in [-0.15, -0.1) is 5.10 Å². The first-order chi connectivity index (χ1) is 11.5. The van der Waals surface area contributed by atoms with Crippen molar-refractivity contribution in [3.63, 3.8) is 0 Å². The second-order valence-corrected chi connectivity index (χ2v) is 5.08. The van der Waals surface area contributed by atoms with Gasteiger partial charge in [-0.2, -0.15) is 10.1 Å². The number of nitrogens with one attached hydrogen (secondary N) is 2. The zero-order valence-corrected chi connectivity index (χ0v) is 12.7. The van der Waals surface area contributed by atoms with Crippen LogP contribution in [0.1, 0.15) is 0 Å². The lowest BCUT2D eigenvalue weighted by atomic mass is 10.3. The lowest BCUT2D eigenvalue weighted by Crippen LogP contribution is -2.03. The molecule has 0 fully saturated rings. The van der Waals surface area contributed by atoms with Gasteiger partial charge in [-0.25, -0.2) is 13.2 Å². The number of hydrogen-bond donors (Lipinski definition) is 2. The van der Waals surface area contributed by atoms with E-state index in [1.165, 1.54) is 30.5 Å². The van der Waals surface area contributed by atoms with Gasteiger partial charge in [-0.05, 0) is 30.3 Å². The van der Waals surface area contributed by atoms with Crippen LogP contribution in [-0.2, 0) is 0 Å². The molecule has 2 aromatic carbocycles. The Hall–Kier alpha value is -2.87. The molecular formula is C15H9ClF3N5. The van der Waals surface area contributed by atoms with Crippen LogP contribution in [0.3, 0.4) is 0 Å². The molecule has 5 nitrogen and oxygen atoms in total. The molecule has 1 heterocycles. The number of aromatic nitrogens is 3. The largest absolute Gasteiger partial charge is 0.336 e. The van der Waals surface area contributed by atoms with Gasteiger partial charge >= 0.3 is 0 Å². The summed E-state index contributed by atoms with van der Waals surface area (Å²) in [7, 11) is 0. The lowest BCUT2D eigenvalue weighted by Gasteiger charge is -2.08. The first kappa shape index (κ1) is 16.0. The molecule has 0 spiro atoms. The fourth-order valence-corrected chi connectivity index (χ4v) is 2.03. The monoisotopic (exact) mass is 351 g/mol. The van der Waals surface area contributed by atoms with Gasteiger partial charge in [0, 0.05) is 11.8 Å². The minimum atomic E-state index is -0.770. The van der Waals surface area contributed by atoms with Crippen LogP contribution in [0.25, 0.3) is 0 Å². The zero-order valence-electron chi connectivity index (χ0n) is 11.9. The van der Waals surface area contributed by atoms with Crippen molar-refractivity contribution in [3.8, 4) is 0 Å². The van der Waals surface area contributed by atoms with E-state index in [-0.39, 0.29) is 22.5 Å². The van der Waals surface area contributed by atoms with E-state index < -0.39 is 17.5 Å². The summed E-state index contributed by atoms with van der Waals surface area (Å²) in [6, 6.07) is 7.09. The molecular weight excluding hydrogens is 343 g/mol. The molecule has 0 aliphatic heterocycles. The first-order valence-electron chi connectivity index (χ1n) is 6.65. The highest BCUT2D eigenvalue weighted by Crippen LogP contribution is 2.22. The van der Waals surface area contributed by atoms with Gasteiger partial charge in [0.25, 0.3) is 0 Å². The van der Waals surface area contributed by atoms with Crippen LogP contribution < -0.4 is 10.6 Å². The molecule has 1 aromatic heterocycles. The van der Waals surface area contributed by atoms with Crippen molar-refractivity contribution in [1.82, 2.24) is 15.2 Å². The van der Waals surface area contributed by atoms with Crippen molar-refractivity contribution in [3.05, 3.63) is 65.1 Å². The van der Waals surface area contributed by atoms with Crippen molar-refractivity contribution in [2.75, 3.05) is 10.6 Å². The molecule has 122 valence electrons. The number of hydrogen-bond acceptors (Lipinski definition) is 5. The van der Waals surface area contributed by atoms with Crippen molar-refractivity contribution in [2.24, 2.45) is 0 Å². The standard InChI is InChI=1S/C15H9ClF3N5/c16-10-6-9(2-3-11(10)18)21-15-23-14(7-20-24-15)22-13-4-1-8(17)5-12(13)19/h1-7H,(H2,21,22,23,24). The van der Waals surface area contributed by atoms with E-state index in [9.17, 15) is 13.2 Å². The minimum Gasteiger partial charge on any atom is -0.336 e. The second kappa shape index (κ2) is 6.71. The molecule has 3 rings (SSSR count). The van der Waals surface area contributed by atoms with Crippen LogP contribution in [0.4, 0.5) is 36.3 Å². The smallest absolute Gasteiger partial charge is 0.249 e. The molecule has 0 saturated heterocycles. The third-order valence-corrected chi connectivity index (χ3v) is 3.22. The summed E-state index contributed by atoms with van der Waals surface area (Å²) >= 11 is 5.69. The van der Waals surface area contributed by atoms with Gasteiger partial charge in [0.2, 0.25) is 5.95 Å². The fraction of sp³-hybridized carbons (Fsp3) is 0. The Morgan fingerprint density at radius 1 is 0.917 bits per heavy atom. The Balaban J connectivity index is 1.79. The molecule has 0 aliphatic carbocycles. The molecule has 0 aliphatic rings. The van der Waals surface area contributed by atoms with Crippen LogP contribution in [0, 0.1) is 17.5 Å². The summed E-state index contributed by atoms with van der Waals surface area (Å²) in [6.45, 7) is 0. The third-order valence-electron chi connectivity index (χ3n) is 2.93. The number of nitrogens with zero attached hydrogens (tertiary/aromatic N) is 3. The molecule has 0 saturated carbocycles. The highest BCUT2D eigenvalue weighted by molar-refractivity contribution is 6.31. The molecule has 0 atom stereocenters. The first-order valence-corrected chi connectivity index (χ1v) is 7.03. The van der Waals surface area contributed by atoms with E-state index in [2.05, 4.69) is 25.8 Å². The summed E-state index contributed by atoms with van der Waals surface area (Å²) < 4.78 is 39.7. The lowest BCUT2D eigenvalue weighted by molar-refractivity contribution is 0.586. The summed E-state index contributed by atoms with van der Waals surface area (Å²) in [5.74, 6) is -1.73. The van der Waals surface area contributed by atoms with Gasteiger partial charge in [0.1, 0.15) is 17.5 Å². The predicted molar refractivity (Wildman–Crippen MR) is 84.2 cm³/mol.